The van der Waals surface area contributed by atoms with Crippen molar-refractivity contribution in [2.24, 2.45) is 0 Å². The van der Waals surface area contributed by atoms with Gasteiger partial charge in [-0.05, 0) is 31.0 Å². The molecule has 21 heavy (non-hydrogen) atoms. The summed E-state index contributed by atoms with van der Waals surface area (Å²) in [7, 11) is 0. The van der Waals surface area contributed by atoms with Crippen LogP contribution in [0.15, 0.2) is 24.3 Å². The quantitative estimate of drug-likeness (QED) is 0.673. The molecule has 0 unspecified atom stereocenters. The molecule has 0 spiro atoms. The van der Waals surface area contributed by atoms with Crippen molar-refractivity contribution in [3.05, 3.63) is 51.3 Å². The first kappa shape index (κ1) is 14.7. The zero-order chi connectivity index (χ0) is 15.6. The van der Waals surface area contributed by atoms with E-state index in [1.165, 1.54) is 16.8 Å². The van der Waals surface area contributed by atoms with E-state index < -0.39 is 10.9 Å². The van der Waals surface area contributed by atoms with Crippen molar-refractivity contribution in [1.82, 2.24) is 9.78 Å². The molecule has 0 saturated heterocycles. The Morgan fingerprint density at radius 2 is 2.10 bits per heavy atom. The second-order valence-corrected chi connectivity index (χ2v) is 4.47. The topological polar surface area (TPSA) is 98.3 Å². The molecule has 1 aromatic heterocycles. The Hall–Kier alpha value is -2.70. The number of nitro groups is 1. The smallest absolute Gasteiger partial charge is 0.335 e. The molecule has 0 aliphatic heterocycles. The first-order chi connectivity index (χ1) is 9.99. The van der Waals surface area contributed by atoms with Crippen molar-refractivity contribution < 1.29 is 14.8 Å². The van der Waals surface area contributed by atoms with Crippen LogP contribution in [-0.2, 0) is 12.8 Å². The first-order valence-corrected chi connectivity index (χ1v) is 6.58. The second-order valence-electron chi connectivity index (χ2n) is 4.47. The molecule has 0 aliphatic rings. The molecule has 0 atom stereocenters. The van der Waals surface area contributed by atoms with Crippen molar-refractivity contribution in [3.63, 3.8) is 0 Å². The van der Waals surface area contributed by atoms with Gasteiger partial charge in [0.25, 0.3) is 0 Å². The minimum Gasteiger partial charge on any atom is -0.478 e. The summed E-state index contributed by atoms with van der Waals surface area (Å²) < 4.78 is 1.46. The van der Waals surface area contributed by atoms with E-state index in [9.17, 15) is 14.9 Å². The van der Waals surface area contributed by atoms with Crippen molar-refractivity contribution in [2.45, 2.75) is 26.7 Å². The van der Waals surface area contributed by atoms with Gasteiger partial charge in [0.15, 0.2) is 0 Å². The Morgan fingerprint density at radius 1 is 1.38 bits per heavy atom. The maximum Gasteiger partial charge on any atom is 0.335 e. The maximum absolute atomic E-state index is 11.2. The lowest BCUT2D eigenvalue weighted by Gasteiger charge is -2.06. The summed E-state index contributed by atoms with van der Waals surface area (Å²) in [5.74, 6) is -1.05. The molecule has 1 aromatic carbocycles. The number of carboxylic acid groups (broad SMARTS) is 1. The third-order valence-electron chi connectivity index (χ3n) is 3.21. The number of nitrogens with zero attached hydrogens (tertiary/aromatic N) is 3. The Balaban J connectivity index is 2.66. The summed E-state index contributed by atoms with van der Waals surface area (Å²) in [5.41, 5.74) is 1.51. The normalized spacial score (nSPS) is 10.6. The summed E-state index contributed by atoms with van der Waals surface area (Å²) in [6, 6.07) is 6.20. The standard InChI is InChI=1S/C14H15N3O4/c1-3-11-13(17(20)21)12(4-2)16(15-11)10-7-5-6-9(8-10)14(18)19/h5-8H,3-4H2,1-2H3,(H,18,19). The fourth-order valence-electron chi connectivity index (χ4n) is 2.25. The van der Waals surface area contributed by atoms with Gasteiger partial charge in [0.2, 0.25) is 0 Å². The van der Waals surface area contributed by atoms with Gasteiger partial charge in [-0.25, -0.2) is 9.48 Å². The highest BCUT2D eigenvalue weighted by atomic mass is 16.6. The summed E-state index contributed by atoms with van der Waals surface area (Å²) >= 11 is 0. The lowest BCUT2D eigenvalue weighted by molar-refractivity contribution is -0.386. The van der Waals surface area contributed by atoms with Crippen LogP contribution in [-0.4, -0.2) is 25.8 Å². The van der Waals surface area contributed by atoms with Crippen LogP contribution in [0.4, 0.5) is 5.69 Å². The van der Waals surface area contributed by atoms with Crippen LogP contribution in [0, 0.1) is 10.1 Å². The number of benzene rings is 1. The number of hydrogen-bond donors (Lipinski definition) is 1. The number of rotatable bonds is 5. The monoisotopic (exact) mass is 289 g/mol. The lowest BCUT2D eigenvalue weighted by Crippen LogP contribution is -2.05. The zero-order valence-electron chi connectivity index (χ0n) is 11.7. The van der Waals surface area contributed by atoms with E-state index in [4.69, 9.17) is 5.11 Å². The third kappa shape index (κ3) is 2.62. The Labute approximate surface area is 121 Å². The van der Waals surface area contributed by atoms with Crippen LogP contribution in [0.3, 0.4) is 0 Å². The van der Waals surface area contributed by atoms with E-state index in [-0.39, 0.29) is 11.3 Å². The van der Waals surface area contributed by atoms with E-state index in [2.05, 4.69) is 5.10 Å². The molecule has 7 nitrogen and oxygen atoms in total. The summed E-state index contributed by atoms with van der Waals surface area (Å²) in [5, 5.41) is 24.6. The van der Waals surface area contributed by atoms with E-state index >= 15 is 0 Å². The third-order valence-corrected chi connectivity index (χ3v) is 3.21. The van der Waals surface area contributed by atoms with Crippen LogP contribution in [0.25, 0.3) is 5.69 Å². The SMILES string of the molecule is CCc1nn(-c2cccc(C(=O)O)c2)c(CC)c1[N+](=O)[O-]. The van der Waals surface area contributed by atoms with Gasteiger partial charge < -0.3 is 5.11 Å². The molecule has 1 heterocycles. The largest absolute Gasteiger partial charge is 0.478 e. The maximum atomic E-state index is 11.2. The second kappa shape index (κ2) is 5.74. The predicted molar refractivity (Wildman–Crippen MR) is 75.9 cm³/mol. The van der Waals surface area contributed by atoms with Gasteiger partial charge in [0.05, 0.1) is 16.2 Å². The molecule has 0 amide bonds. The molecule has 0 radical (unpaired) electrons. The summed E-state index contributed by atoms with van der Waals surface area (Å²) in [4.78, 5) is 21.8. The van der Waals surface area contributed by atoms with Gasteiger partial charge >= 0.3 is 11.7 Å². The van der Waals surface area contributed by atoms with Crippen LogP contribution in [0.5, 0.6) is 0 Å². The van der Waals surface area contributed by atoms with Gasteiger partial charge in [0, 0.05) is 0 Å². The van der Waals surface area contributed by atoms with Crippen LogP contribution >= 0.6 is 0 Å². The van der Waals surface area contributed by atoms with Crippen molar-refractivity contribution in [2.75, 3.05) is 0 Å². The number of hydrogen-bond acceptors (Lipinski definition) is 4. The number of aromatic nitrogens is 2. The lowest BCUT2D eigenvalue weighted by atomic mass is 10.2. The van der Waals surface area contributed by atoms with Crippen LogP contribution in [0.2, 0.25) is 0 Å². The molecule has 0 aliphatic carbocycles. The Bertz CT molecular complexity index is 706. The zero-order valence-corrected chi connectivity index (χ0v) is 11.7. The highest BCUT2D eigenvalue weighted by Gasteiger charge is 2.26. The summed E-state index contributed by atoms with van der Waals surface area (Å²) in [6.45, 7) is 3.60. The molecule has 110 valence electrons. The molecule has 1 N–H and O–H groups in total. The first-order valence-electron chi connectivity index (χ1n) is 6.58. The fraction of sp³-hybridized carbons (Fsp3) is 0.286. The fourth-order valence-corrected chi connectivity index (χ4v) is 2.25. The highest BCUT2D eigenvalue weighted by Crippen LogP contribution is 2.27. The molecule has 0 bridgehead atoms. The summed E-state index contributed by atoms with van der Waals surface area (Å²) in [6.07, 6.45) is 0.871. The van der Waals surface area contributed by atoms with Gasteiger partial charge in [-0.3, -0.25) is 10.1 Å². The van der Waals surface area contributed by atoms with Crippen LogP contribution < -0.4 is 0 Å². The Kier molecular flexibility index (Phi) is 4.02. The highest BCUT2D eigenvalue weighted by molar-refractivity contribution is 5.88. The predicted octanol–water partition coefficient (Wildman–Crippen LogP) is 2.60. The molecule has 0 saturated carbocycles. The molecule has 2 aromatic rings. The minimum atomic E-state index is -1.05. The average Bonchev–Trinajstić information content (AvgIpc) is 2.86. The van der Waals surface area contributed by atoms with E-state index in [0.29, 0.717) is 29.9 Å². The number of aromatic carboxylic acids is 1. The van der Waals surface area contributed by atoms with Gasteiger partial charge in [-0.1, -0.05) is 19.9 Å². The molecule has 7 heteroatoms. The Morgan fingerprint density at radius 3 is 2.62 bits per heavy atom. The molecular weight excluding hydrogens is 274 g/mol. The van der Waals surface area contributed by atoms with Gasteiger partial charge in [-0.2, -0.15) is 5.10 Å². The number of aryl methyl sites for hydroxylation is 1. The molecular formula is C14H15N3O4. The van der Waals surface area contributed by atoms with Crippen molar-refractivity contribution in [3.8, 4) is 5.69 Å². The van der Waals surface area contributed by atoms with E-state index in [0.717, 1.165) is 0 Å². The van der Waals surface area contributed by atoms with Crippen LogP contribution in [0.1, 0.15) is 35.6 Å². The van der Waals surface area contributed by atoms with Gasteiger partial charge in [-0.15, -0.1) is 0 Å². The minimum absolute atomic E-state index is 0.0146. The van der Waals surface area contributed by atoms with E-state index in [1.807, 2.05) is 0 Å². The van der Waals surface area contributed by atoms with Gasteiger partial charge in [0.1, 0.15) is 11.4 Å². The van der Waals surface area contributed by atoms with E-state index in [1.54, 1.807) is 26.0 Å². The molecule has 0 fully saturated rings. The molecule has 2 rings (SSSR count). The van der Waals surface area contributed by atoms with Crippen molar-refractivity contribution >= 4 is 11.7 Å². The number of carboxylic acids is 1. The van der Waals surface area contributed by atoms with Crippen molar-refractivity contribution in [1.29, 1.82) is 0 Å². The number of carbonyl (C=O) groups is 1. The average molecular weight is 289 g/mol.